The van der Waals surface area contributed by atoms with E-state index in [1.54, 1.807) is 48.5 Å². The second-order valence-electron chi connectivity index (χ2n) is 6.44. The summed E-state index contributed by atoms with van der Waals surface area (Å²) in [6.07, 6.45) is -4.55. The van der Waals surface area contributed by atoms with Gasteiger partial charge in [0, 0.05) is 5.56 Å². The summed E-state index contributed by atoms with van der Waals surface area (Å²) < 4.78 is 49.7. The molecule has 0 radical (unpaired) electrons. The molecule has 0 heterocycles. The number of carboxylic acids is 1. The van der Waals surface area contributed by atoms with Crippen LogP contribution in [0.15, 0.2) is 72.8 Å². The van der Waals surface area contributed by atoms with Gasteiger partial charge >= 0.3 is 12.1 Å². The number of benzene rings is 3. The predicted molar refractivity (Wildman–Crippen MR) is 108 cm³/mol. The predicted octanol–water partition coefficient (Wildman–Crippen LogP) is 5.56. The molecule has 3 aromatic rings. The van der Waals surface area contributed by atoms with Gasteiger partial charge in [-0.3, -0.25) is 4.79 Å². The lowest BCUT2D eigenvalue weighted by molar-refractivity contribution is -0.138. The minimum Gasteiger partial charge on any atom is -0.481 e. The van der Waals surface area contributed by atoms with E-state index >= 15 is 0 Å². The smallest absolute Gasteiger partial charge is 0.416 e. The molecule has 7 heteroatoms. The van der Waals surface area contributed by atoms with E-state index in [-0.39, 0.29) is 18.6 Å². The van der Waals surface area contributed by atoms with Crippen molar-refractivity contribution in [2.75, 3.05) is 6.61 Å². The quantitative estimate of drug-likeness (QED) is 0.525. The Balaban J connectivity index is 1.67. The van der Waals surface area contributed by atoms with Crippen LogP contribution in [0, 0.1) is 11.8 Å². The van der Waals surface area contributed by atoms with Gasteiger partial charge in [-0.05, 0) is 48.0 Å². The zero-order chi connectivity index (χ0) is 22.3. The van der Waals surface area contributed by atoms with E-state index in [0.29, 0.717) is 22.8 Å². The Bertz CT molecular complexity index is 1130. The van der Waals surface area contributed by atoms with Gasteiger partial charge in [0.15, 0.2) is 11.5 Å². The number of ether oxygens (including phenoxy) is 2. The minimum atomic E-state index is -4.42. The summed E-state index contributed by atoms with van der Waals surface area (Å²) in [6, 6.07) is 18.3. The molecule has 0 saturated heterocycles. The molecule has 4 nitrogen and oxygen atoms in total. The highest BCUT2D eigenvalue weighted by atomic mass is 19.4. The molecule has 0 amide bonds. The molecule has 0 spiro atoms. The average Bonchev–Trinajstić information content (AvgIpc) is 2.72. The summed E-state index contributed by atoms with van der Waals surface area (Å²) in [6.45, 7) is -0.0598. The van der Waals surface area contributed by atoms with E-state index in [2.05, 4.69) is 11.8 Å². The van der Waals surface area contributed by atoms with E-state index in [1.165, 1.54) is 12.1 Å². The summed E-state index contributed by atoms with van der Waals surface area (Å²) in [5, 5.41) is 8.92. The topological polar surface area (TPSA) is 55.8 Å². The fraction of sp³-hybridized carbons (Fsp3) is 0.125. The van der Waals surface area contributed by atoms with E-state index in [9.17, 15) is 18.0 Å². The Hall–Kier alpha value is -3.92. The molecule has 0 bridgehead atoms. The summed E-state index contributed by atoms with van der Waals surface area (Å²) in [4.78, 5) is 10.9. The highest BCUT2D eigenvalue weighted by Gasteiger charge is 2.30. The number of para-hydroxylation sites is 2. The van der Waals surface area contributed by atoms with Gasteiger partial charge in [-0.25, -0.2) is 0 Å². The van der Waals surface area contributed by atoms with Gasteiger partial charge in [-0.2, -0.15) is 13.2 Å². The van der Waals surface area contributed by atoms with Crippen LogP contribution < -0.4 is 9.47 Å². The molecular weight excluding hydrogens is 409 g/mol. The van der Waals surface area contributed by atoms with E-state index in [4.69, 9.17) is 14.6 Å². The summed E-state index contributed by atoms with van der Waals surface area (Å²) in [5.41, 5.74) is 0.0673. The van der Waals surface area contributed by atoms with Crippen LogP contribution in [0.2, 0.25) is 0 Å². The maximum Gasteiger partial charge on any atom is 0.416 e. The van der Waals surface area contributed by atoms with Gasteiger partial charge in [-0.1, -0.05) is 42.2 Å². The molecule has 0 aliphatic heterocycles. The van der Waals surface area contributed by atoms with E-state index in [0.717, 1.165) is 12.1 Å². The highest BCUT2D eigenvalue weighted by molar-refractivity contribution is 5.70. The molecule has 0 atom stereocenters. The van der Waals surface area contributed by atoms with Crippen LogP contribution in [0.3, 0.4) is 0 Å². The first-order chi connectivity index (χ1) is 14.8. The molecule has 158 valence electrons. The van der Waals surface area contributed by atoms with Crippen LogP contribution in [0.1, 0.15) is 16.7 Å². The number of halogens is 3. The first kappa shape index (κ1) is 21.8. The Morgan fingerprint density at radius 3 is 2.42 bits per heavy atom. The van der Waals surface area contributed by atoms with Crippen molar-refractivity contribution in [3.63, 3.8) is 0 Å². The summed E-state index contributed by atoms with van der Waals surface area (Å²) in [7, 11) is 0. The first-order valence-electron chi connectivity index (χ1n) is 9.18. The monoisotopic (exact) mass is 426 g/mol. The van der Waals surface area contributed by atoms with Crippen molar-refractivity contribution in [2.24, 2.45) is 0 Å². The van der Waals surface area contributed by atoms with Crippen molar-refractivity contribution < 1.29 is 32.5 Å². The Kier molecular flexibility index (Phi) is 6.83. The maximum absolute atomic E-state index is 12.8. The summed E-state index contributed by atoms with van der Waals surface area (Å²) >= 11 is 0. The molecule has 1 N–H and O–H groups in total. The Morgan fingerprint density at radius 1 is 0.935 bits per heavy atom. The number of rotatable bonds is 6. The number of alkyl halides is 3. The van der Waals surface area contributed by atoms with Gasteiger partial charge in [0.25, 0.3) is 0 Å². The van der Waals surface area contributed by atoms with Crippen molar-refractivity contribution in [2.45, 2.75) is 12.6 Å². The molecular formula is C24H17F3O4. The second-order valence-corrected chi connectivity index (χ2v) is 6.44. The third-order valence-corrected chi connectivity index (χ3v) is 4.05. The fourth-order valence-corrected chi connectivity index (χ4v) is 2.70. The normalized spacial score (nSPS) is 10.7. The second kappa shape index (κ2) is 9.72. The van der Waals surface area contributed by atoms with Crippen molar-refractivity contribution in [1.29, 1.82) is 0 Å². The number of carbonyl (C=O) groups is 1. The van der Waals surface area contributed by atoms with E-state index in [1.807, 2.05) is 0 Å². The van der Waals surface area contributed by atoms with Crippen LogP contribution in [-0.4, -0.2) is 17.7 Å². The zero-order valence-electron chi connectivity index (χ0n) is 16.1. The lowest BCUT2D eigenvalue weighted by atomic mass is 10.1. The molecule has 0 unspecified atom stereocenters. The molecule has 0 aromatic heterocycles. The average molecular weight is 426 g/mol. The largest absolute Gasteiger partial charge is 0.481 e. The highest BCUT2D eigenvalue weighted by Crippen LogP contribution is 2.32. The SMILES string of the molecule is O=C(O)Cc1cccc(Oc2ccccc2OCC#Cc2cccc(C(F)(F)F)c2)c1. The Morgan fingerprint density at radius 2 is 1.68 bits per heavy atom. The van der Waals surface area contributed by atoms with Crippen molar-refractivity contribution in [3.05, 3.63) is 89.5 Å². The number of hydrogen-bond acceptors (Lipinski definition) is 3. The number of aliphatic carboxylic acids is 1. The number of carboxylic acid groups (broad SMARTS) is 1. The van der Waals surface area contributed by atoms with Gasteiger partial charge < -0.3 is 14.6 Å². The van der Waals surface area contributed by atoms with E-state index < -0.39 is 17.7 Å². The van der Waals surface area contributed by atoms with Gasteiger partial charge in [0.1, 0.15) is 12.4 Å². The van der Waals surface area contributed by atoms with Crippen LogP contribution in [-0.2, 0) is 17.4 Å². The van der Waals surface area contributed by atoms with Crippen LogP contribution in [0.25, 0.3) is 0 Å². The third-order valence-electron chi connectivity index (χ3n) is 4.05. The van der Waals surface area contributed by atoms with Gasteiger partial charge in [-0.15, -0.1) is 0 Å². The molecule has 0 aliphatic rings. The molecule has 0 aliphatic carbocycles. The Labute approximate surface area is 176 Å². The van der Waals surface area contributed by atoms with Crippen molar-refractivity contribution >= 4 is 5.97 Å². The zero-order valence-corrected chi connectivity index (χ0v) is 16.1. The fourth-order valence-electron chi connectivity index (χ4n) is 2.70. The molecule has 0 saturated carbocycles. The lowest BCUT2D eigenvalue weighted by Gasteiger charge is -2.11. The van der Waals surface area contributed by atoms with Crippen LogP contribution >= 0.6 is 0 Å². The standard InChI is InChI=1S/C24H17F3O4/c25-24(26,27)19-9-3-6-17(14-19)8-5-13-30-21-11-1-2-12-22(21)31-20-10-4-7-18(15-20)16-23(28)29/h1-4,6-7,9-12,14-15H,13,16H2,(H,28,29). The first-order valence-corrected chi connectivity index (χ1v) is 9.18. The van der Waals surface area contributed by atoms with Crippen LogP contribution in [0.5, 0.6) is 17.2 Å². The van der Waals surface area contributed by atoms with Crippen molar-refractivity contribution in [3.8, 4) is 29.1 Å². The summed E-state index contributed by atoms with van der Waals surface area (Å²) in [5.74, 6) is 5.64. The molecule has 0 fully saturated rings. The van der Waals surface area contributed by atoms with Gasteiger partial charge in [0.05, 0.1) is 12.0 Å². The van der Waals surface area contributed by atoms with Crippen LogP contribution in [0.4, 0.5) is 13.2 Å². The maximum atomic E-state index is 12.8. The number of hydrogen-bond donors (Lipinski definition) is 1. The minimum absolute atomic E-state index is 0.0598. The van der Waals surface area contributed by atoms with Crippen molar-refractivity contribution in [1.82, 2.24) is 0 Å². The third kappa shape index (κ3) is 6.54. The molecule has 3 aromatic carbocycles. The molecule has 3 rings (SSSR count). The molecule has 31 heavy (non-hydrogen) atoms. The lowest BCUT2D eigenvalue weighted by Crippen LogP contribution is -2.04. The van der Waals surface area contributed by atoms with Gasteiger partial charge in [0.2, 0.25) is 0 Å².